The van der Waals surface area contributed by atoms with Gasteiger partial charge in [0.2, 0.25) is 0 Å². The van der Waals surface area contributed by atoms with Crippen molar-refractivity contribution in [3.05, 3.63) is 239 Å². The Morgan fingerprint density at radius 3 is 0.637 bits per heavy atom. The van der Waals surface area contributed by atoms with E-state index in [2.05, 4.69) is 9.97 Å². The molecule has 0 atom stereocenters. The number of nitrogens with one attached hydrogen (secondary N) is 2. The molecule has 0 spiro atoms. The molecule has 8 bridgehead atoms. The van der Waals surface area contributed by atoms with Crippen molar-refractivity contribution in [1.29, 1.82) is 0 Å². The van der Waals surface area contributed by atoms with Gasteiger partial charge in [-0.3, -0.25) is 38.4 Å². The molecule has 12 nitrogen and oxygen atoms in total. The molecule has 80 heavy (non-hydrogen) atoms. The topological polar surface area (TPSA) is 194 Å². The van der Waals surface area contributed by atoms with E-state index < -0.39 is 0 Å². The van der Waals surface area contributed by atoms with E-state index in [-0.39, 0.29) is 68.6 Å². The number of nitrogens with zero attached hydrogens (tertiary/aromatic N) is 2. The minimum absolute atomic E-state index is 0.278. The number of carbonyl (C=O) groups is 8. The molecule has 4 aromatic carbocycles. The number of benzene rings is 4. The summed E-state index contributed by atoms with van der Waals surface area (Å²) in [4.78, 5) is 120. The molecule has 0 unspecified atom stereocenters. The highest BCUT2D eigenvalue weighted by molar-refractivity contribution is 6.36. The van der Waals surface area contributed by atoms with Gasteiger partial charge in [0.25, 0.3) is 0 Å². The van der Waals surface area contributed by atoms with Gasteiger partial charge in [-0.25, -0.2) is 9.97 Å². The average molecular weight is 1040 g/mol. The van der Waals surface area contributed by atoms with Crippen molar-refractivity contribution >= 4 is 115 Å². The summed E-state index contributed by atoms with van der Waals surface area (Å²) < 4.78 is 0. The third-order valence-electron chi connectivity index (χ3n) is 14.5. The molecule has 4 aliphatic carbocycles. The Hall–Kier alpha value is -11.2. The number of ketones is 8. The lowest BCUT2D eigenvalue weighted by atomic mass is 9.94. The van der Waals surface area contributed by atoms with Crippen LogP contribution in [-0.2, 0) is 38.4 Å². The molecule has 7 aromatic rings. The van der Waals surface area contributed by atoms with Gasteiger partial charge in [0, 0.05) is 66.6 Å². The second-order valence-corrected chi connectivity index (χ2v) is 19.4. The summed E-state index contributed by atoms with van der Waals surface area (Å²) in [6.07, 6.45) is 23.1. The zero-order chi connectivity index (χ0) is 54.8. The largest absolute Gasteiger partial charge is 0.354 e. The third-order valence-corrected chi connectivity index (χ3v) is 14.5. The minimum Gasteiger partial charge on any atom is -0.354 e. The summed E-state index contributed by atoms with van der Waals surface area (Å²) in [5.74, 6) is -2.23. The van der Waals surface area contributed by atoms with Gasteiger partial charge in [-0.05, 0) is 166 Å². The smallest absolute Gasteiger partial charge is 0.186 e. The van der Waals surface area contributed by atoms with Crippen molar-refractivity contribution in [3.8, 4) is 44.5 Å². The van der Waals surface area contributed by atoms with Crippen LogP contribution in [0.4, 0.5) is 0 Å². The molecule has 6 aliphatic rings. The highest BCUT2D eigenvalue weighted by Gasteiger charge is 2.24. The summed E-state index contributed by atoms with van der Waals surface area (Å²) >= 11 is 0. The van der Waals surface area contributed by atoms with Crippen LogP contribution in [0.15, 0.2) is 194 Å². The second kappa shape index (κ2) is 19.4. The van der Waals surface area contributed by atoms with Crippen LogP contribution in [0.25, 0.3) is 113 Å². The first-order chi connectivity index (χ1) is 38.9. The SMILES string of the molecule is O=C1C=CC(=O)C(c2ccc(-c3c4nc(c(-c5ccc(C6=CC(=O)C=CC6=O)cc5)c5ccc([nH]5)c(-c5ccc(C6=CC(=O)C=CC6=O)cc5)c5nc(c(-c6ccc(C7=CC(=O)C=CC7=O)cc6)c6ccc3[nH]6)C=C5)C=C4)cc2)=C1. The van der Waals surface area contributed by atoms with Crippen LogP contribution in [0, 0.1) is 0 Å². The van der Waals surface area contributed by atoms with Crippen molar-refractivity contribution in [2.45, 2.75) is 0 Å². The van der Waals surface area contributed by atoms with Gasteiger partial charge in [-0.2, -0.15) is 0 Å². The van der Waals surface area contributed by atoms with E-state index in [9.17, 15) is 38.4 Å². The Balaban J connectivity index is 1.08. The Morgan fingerprint density at radius 1 is 0.225 bits per heavy atom. The van der Waals surface area contributed by atoms with Gasteiger partial charge in [-0.1, -0.05) is 97.1 Å². The van der Waals surface area contributed by atoms with Crippen molar-refractivity contribution < 1.29 is 38.4 Å². The highest BCUT2D eigenvalue weighted by atomic mass is 16.2. The van der Waals surface area contributed by atoms with Crippen LogP contribution in [-0.4, -0.2) is 66.2 Å². The lowest BCUT2D eigenvalue weighted by Crippen LogP contribution is -2.06. The molecular weight excluding hydrogens is 1000 g/mol. The van der Waals surface area contributed by atoms with E-state index in [4.69, 9.17) is 9.97 Å². The molecule has 0 amide bonds. The monoisotopic (exact) mass is 1040 g/mol. The Morgan fingerprint density at radius 2 is 0.425 bits per heavy atom. The number of rotatable bonds is 8. The molecule has 0 saturated heterocycles. The van der Waals surface area contributed by atoms with Gasteiger partial charge < -0.3 is 9.97 Å². The van der Waals surface area contributed by atoms with Gasteiger partial charge in [-0.15, -0.1) is 0 Å². The second-order valence-electron chi connectivity index (χ2n) is 19.4. The Bertz CT molecular complexity index is 3990. The van der Waals surface area contributed by atoms with Crippen molar-refractivity contribution in [2.24, 2.45) is 0 Å². The maximum absolute atomic E-state index is 13.0. The maximum Gasteiger partial charge on any atom is 0.186 e. The highest BCUT2D eigenvalue weighted by Crippen LogP contribution is 2.40. The average Bonchev–Trinajstić information content (AvgIpc) is 4.45. The lowest BCUT2D eigenvalue weighted by molar-refractivity contribution is -0.113. The number of fused-ring (bicyclic) bond motifs is 8. The standard InChI is InChI=1S/C68H38N4O8/c73-45-17-29-61(77)49(33-45)37-1-9-41(10-2-37)65-53-21-23-55(69-53)66(42-11-3-38(4-12-42)50-34-46(74)18-30-62(50)78)57-25-27-59(71-57)68(44-15-7-40(8-16-44)52-36-48(76)20-32-64(52)80)60-28-26-58(72-60)67(56-24-22-54(65)70-56)43-13-5-39(6-14-43)51-35-47(75)19-31-63(51)79/h1-36,69,72H. The number of H-pyrrole nitrogens is 2. The fourth-order valence-corrected chi connectivity index (χ4v) is 10.6. The summed E-state index contributed by atoms with van der Waals surface area (Å²) in [6, 6.07) is 37.3. The molecule has 378 valence electrons. The molecule has 3 aromatic heterocycles. The van der Waals surface area contributed by atoms with E-state index in [0.717, 1.165) is 22.3 Å². The van der Waals surface area contributed by atoms with Crippen LogP contribution < -0.4 is 0 Å². The van der Waals surface area contributed by atoms with Gasteiger partial charge in [0.15, 0.2) is 46.3 Å². The van der Waals surface area contributed by atoms with E-state index >= 15 is 0 Å². The molecule has 2 aliphatic heterocycles. The number of hydrogen-bond donors (Lipinski definition) is 2. The summed E-state index contributed by atoms with van der Waals surface area (Å²) in [5, 5.41) is 0. The molecule has 0 radical (unpaired) electrons. The zero-order valence-electron chi connectivity index (χ0n) is 41.9. The first kappa shape index (κ1) is 48.4. The molecular formula is C68H38N4O8. The number of hydrogen-bond acceptors (Lipinski definition) is 10. The van der Waals surface area contributed by atoms with Gasteiger partial charge in [0.1, 0.15) is 0 Å². The predicted octanol–water partition coefficient (Wildman–Crippen LogP) is 11.7. The van der Waals surface area contributed by atoms with Crippen LogP contribution in [0.3, 0.4) is 0 Å². The van der Waals surface area contributed by atoms with E-state index in [1.807, 2.05) is 97.1 Å². The maximum atomic E-state index is 13.0. The quantitative estimate of drug-likeness (QED) is 0.138. The normalized spacial score (nSPS) is 15.7. The minimum atomic E-state index is -0.280. The summed E-state index contributed by atoms with van der Waals surface area (Å²) in [6.45, 7) is 0. The Kier molecular flexibility index (Phi) is 11.7. The lowest BCUT2D eigenvalue weighted by Gasteiger charge is -2.11. The fraction of sp³-hybridized carbons (Fsp3) is 0. The number of allylic oxidation sites excluding steroid dienone is 16. The molecule has 5 heterocycles. The number of aromatic nitrogens is 4. The van der Waals surface area contributed by atoms with Crippen LogP contribution in [0.1, 0.15) is 45.0 Å². The third kappa shape index (κ3) is 8.84. The van der Waals surface area contributed by atoms with E-state index in [1.165, 1.54) is 72.9 Å². The van der Waals surface area contributed by atoms with Gasteiger partial charge in [0.05, 0.1) is 22.8 Å². The van der Waals surface area contributed by atoms with E-state index in [0.29, 0.717) is 89.4 Å². The van der Waals surface area contributed by atoms with Crippen molar-refractivity contribution in [1.82, 2.24) is 19.9 Å². The first-order valence-corrected chi connectivity index (χ1v) is 25.4. The first-order valence-electron chi connectivity index (χ1n) is 25.4. The van der Waals surface area contributed by atoms with Gasteiger partial charge >= 0.3 is 0 Å². The van der Waals surface area contributed by atoms with E-state index in [1.54, 1.807) is 48.5 Å². The molecule has 13 rings (SSSR count). The van der Waals surface area contributed by atoms with Crippen molar-refractivity contribution in [3.63, 3.8) is 0 Å². The number of aromatic amines is 2. The molecule has 2 N–H and O–H groups in total. The molecule has 0 fully saturated rings. The molecule has 0 saturated carbocycles. The number of carbonyl (C=O) groups excluding carboxylic acids is 8. The predicted molar refractivity (Wildman–Crippen MR) is 309 cm³/mol. The van der Waals surface area contributed by atoms with Crippen LogP contribution in [0.2, 0.25) is 0 Å². The molecule has 12 heteroatoms. The zero-order valence-corrected chi connectivity index (χ0v) is 41.9. The van der Waals surface area contributed by atoms with Crippen molar-refractivity contribution in [2.75, 3.05) is 0 Å². The Labute approximate surface area is 455 Å². The summed E-state index contributed by atoms with van der Waals surface area (Å²) in [5.41, 5.74) is 14.3. The van der Waals surface area contributed by atoms with Crippen LogP contribution >= 0.6 is 0 Å². The van der Waals surface area contributed by atoms with Crippen LogP contribution in [0.5, 0.6) is 0 Å². The fourth-order valence-electron chi connectivity index (χ4n) is 10.6. The summed E-state index contributed by atoms with van der Waals surface area (Å²) in [7, 11) is 0.